The monoisotopic (exact) mass is 399 g/mol. The van der Waals surface area contributed by atoms with Crippen LogP contribution in [0.2, 0.25) is 0 Å². The van der Waals surface area contributed by atoms with Crippen LogP contribution < -0.4 is 14.2 Å². The highest BCUT2D eigenvalue weighted by atomic mass is 16.5. The molecule has 1 saturated heterocycles. The number of benzene rings is 2. The Labute approximate surface area is 172 Å². The van der Waals surface area contributed by atoms with Crippen LogP contribution in [-0.4, -0.2) is 49.9 Å². The predicted octanol–water partition coefficient (Wildman–Crippen LogP) is 3.99. The second-order valence-corrected chi connectivity index (χ2v) is 7.13. The van der Waals surface area contributed by atoms with Crippen LogP contribution in [0.5, 0.6) is 17.2 Å². The topological polar surface area (TPSA) is 68.2 Å². The molecule has 1 aliphatic heterocycles. The molecule has 0 aliphatic carbocycles. The first-order valence-corrected chi connectivity index (χ1v) is 9.99. The van der Waals surface area contributed by atoms with Crippen LogP contribution in [0.3, 0.4) is 0 Å². The van der Waals surface area contributed by atoms with Crippen molar-refractivity contribution in [3.05, 3.63) is 53.6 Å². The largest absolute Gasteiger partial charge is 0.496 e. The number of likely N-dealkylation sites (tertiary alicyclic amines) is 1. The summed E-state index contributed by atoms with van der Waals surface area (Å²) < 4.78 is 17.1. The molecular weight excluding hydrogens is 370 g/mol. The molecule has 2 aromatic carbocycles. The quantitative estimate of drug-likeness (QED) is 0.724. The van der Waals surface area contributed by atoms with Gasteiger partial charge in [-0.3, -0.25) is 9.69 Å². The van der Waals surface area contributed by atoms with Crippen LogP contribution in [0.15, 0.2) is 42.5 Å². The van der Waals surface area contributed by atoms with E-state index in [4.69, 9.17) is 14.2 Å². The van der Waals surface area contributed by atoms with Crippen molar-refractivity contribution >= 4 is 5.97 Å². The van der Waals surface area contributed by atoms with E-state index < -0.39 is 5.97 Å². The minimum absolute atomic E-state index is 0.128. The summed E-state index contributed by atoms with van der Waals surface area (Å²) in [6.45, 7) is 3.92. The third kappa shape index (κ3) is 4.65. The number of carboxylic acids is 1. The first kappa shape index (κ1) is 21.0. The Morgan fingerprint density at radius 3 is 2.28 bits per heavy atom. The van der Waals surface area contributed by atoms with Gasteiger partial charge >= 0.3 is 5.97 Å². The fraction of sp³-hybridized carbons (Fsp3) is 0.435. The maximum atomic E-state index is 11.4. The summed E-state index contributed by atoms with van der Waals surface area (Å²) in [6.07, 6.45) is 1.24. The van der Waals surface area contributed by atoms with Crippen molar-refractivity contribution < 1.29 is 24.1 Å². The van der Waals surface area contributed by atoms with Crippen molar-refractivity contribution in [2.24, 2.45) is 5.92 Å². The molecule has 0 aromatic heterocycles. The van der Waals surface area contributed by atoms with E-state index in [-0.39, 0.29) is 12.0 Å². The van der Waals surface area contributed by atoms with Gasteiger partial charge in [-0.25, -0.2) is 0 Å². The first-order valence-electron chi connectivity index (χ1n) is 9.99. The summed E-state index contributed by atoms with van der Waals surface area (Å²) in [5, 5.41) is 9.38. The van der Waals surface area contributed by atoms with E-state index in [0.717, 1.165) is 28.4 Å². The summed E-state index contributed by atoms with van der Waals surface area (Å²) >= 11 is 0. The maximum absolute atomic E-state index is 11.4. The summed E-state index contributed by atoms with van der Waals surface area (Å²) in [5.74, 6) is 1.30. The predicted molar refractivity (Wildman–Crippen MR) is 111 cm³/mol. The van der Waals surface area contributed by atoms with E-state index in [1.54, 1.807) is 14.2 Å². The fourth-order valence-corrected chi connectivity index (χ4v) is 4.06. The number of methoxy groups -OCH3 is 2. The normalized spacial score (nSPS) is 16.2. The lowest BCUT2D eigenvalue weighted by Gasteiger charge is -2.38. The Hall–Kier alpha value is -2.73. The number of carboxylic acid groups (broad SMARTS) is 1. The Kier molecular flexibility index (Phi) is 6.99. The molecular formula is C23H29NO5. The molecule has 0 saturated carbocycles. The average molecular weight is 399 g/mol. The number of aliphatic carboxylic acids is 1. The van der Waals surface area contributed by atoms with E-state index in [2.05, 4.69) is 11.0 Å². The Morgan fingerprint density at radius 1 is 1.10 bits per heavy atom. The van der Waals surface area contributed by atoms with Gasteiger partial charge in [-0.15, -0.1) is 0 Å². The van der Waals surface area contributed by atoms with Crippen molar-refractivity contribution in [2.45, 2.75) is 25.8 Å². The maximum Gasteiger partial charge on any atom is 0.306 e. The van der Waals surface area contributed by atoms with E-state index in [0.29, 0.717) is 32.5 Å². The minimum atomic E-state index is -0.714. The summed E-state index contributed by atoms with van der Waals surface area (Å²) in [7, 11) is 3.31. The second kappa shape index (κ2) is 9.65. The molecule has 29 heavy (non-hydrogen) atoms. The SMILES string of the molecule is CCOc1cccc(C(c2c(OC)cccc2OC)N2CCC(C(=O)O)CC2)c1. The van der Waals surface area contributed by atoms with Gasteiger partial charge in [0.2, 0.25) is 0 Å². The van der Waals surface area contributed by atoms with Crippen molar-refractivity contribution in [1.82, 2.24) is 4.90 Å². The summed E-state index contributed by atoms with van der Waals surface area (Å²) in [5.41, 5.74) is 2.01. The molecule has 1 aliphatic rings. The van der Waals surface area contributed by atoms with Gasteiger partial charge in [-0.05, 0) is 62.7 Å². The molecule has 3 rings (SSSR count). The number of piperidine rings is 1. The zero-order valence-corrected chi connectivity index (χ0v) is 17.3. The van der Waals surface area contributed by atoms with Crippen molar-refractivity contribution in [3.8, 4) is 17.2 Å². The summed E-state index contributed by atoms with van der Waals surface area (Å²) in [4.78, 5) is 13.7. The molecule has 6 heteroatoms. The Balaban J connectivity index is 2.06. The molecule has 0 amide bonds. The number of carbonyl (C=O) groups is 1. The molecule has 156 valence electrons. The zero-order chi connectivity index (χ0) is 20.8. The van der Waals surface area contributed by atoms with Crippen molar-refractivity contribution in [1.29, 1.82) is 0 Å². The smallest absolute Gasteiger partial charge is 0.306 e. The molecule has 1 N–H and O–H groups in total. The third-order valence-electron chi connectivity index (χ3n) is 5.47. The fourth-order valence-electron chi connectivity index (χ4n) is 4.06. The van der Waals surface area contributed by atoms with Gasteiger partial charge in [-0.1, -0.05) is 18.2 Å². The standard InChI is InChI=1S/C23H29NO5/c1-4-29-18-8-5-7-17(15-18)22(24-13-11-16(12-14-24)23(25)26)21-19(27-2)9-6-10-20(21)28-3/h5-10,15-16,22H,4,11-14H2,1-3H3,(H,25,26). The Morgan fingerprint density at radius 2 is 1.72 bits per heavy atom. The average Bonchev–Trinajstić information content (AvgIpc) is 2.75. The first-order chi connectivity index (χ1) is 14.1. The number of hydrogen-bond donors (Lipinski definition) is 1. The Bertz CT molecular complexity index is 808. The molecule has 1 heterocycles. The van der Waals surface area contributed by atoms with Crippen molar-refractivity contribution in [2.75, 3.05) is 33.9 Å². The van der Waals surface area contributed by atoms with Gasteiger partial charge in [-0.2, -0.15) is 0 Å². The number of hydrogen-bond acceptors (Lipinski definition) is 5. The van der Waals surface area contributed by atoms with Crippen molar-refractivity contribution in [3.63, 3.8) is 0 Å². The van der Waals surface area contributed by atoms with E-state index >= 15 is 0 Å². The molecule has 2 aromatic rings. The van der Waals surface area contributed by atoms with E-state index in [9.17, 15) is 9.90 Å². The lowest BCUT2D eigenvalue weighted by atomic mass is 9.90. The highest BCUT2D eigenvalue weighted by molar-refractivity contribution is 5.70. The van der Waals surface area contributed by atoms with Crippen LogP contribution >= 0.6 is 0 Å². The molecule has 0 bridgehead atoms. The van der Waals surface area contributed by atoms with E-state index in [1.165, 1.54) is 0 Å². The lowest BCUT2D eigenvalue weighted by molar-refractivity contribution is -0.143. The van der Waals surface area contributed by atoms with Crippen LogP contribution in [-0.2, 0) is 4.79 Å². The highest BCUT2D eigenvalue weighted by Gasteiger charge is 2.33. The van der Waals surface area contributed by atoms with Gasteiger partial charge in [0.15, 0.2) is 0 Å². The number of nitrogens with zero attached hydrogens (tertiary/aromatic N) is 1. The lowest BCUT2D eigenvalue weighted by Crippen LogP contribution is -2.39. The number of rotatable bonds is 8. The second-order valence-electron chi connectivity index (χ2n) is 7.13. The molecule has 6 nitrogen and oxygen atoms in total. The third-order valence-corrected chi connectivity index (χ3v) is 5.47. The van der Waals surface area contributed by atoms with Crippen LogP contribution in [0.1, 0.15) is 36.9 Å². The summed E-state index contributed by atoms with van der Waals surface area (Å²) in [6, 6.07) is 13.7. The molecule has 0 spiro atoms. The van der Waals surface area contributed by atoms with E-state index in [1.807, 2.05) is 43.3 Å². The van der Waals surface area contributed by atoms with Gasteiger partial charge in [0.25, 0.3) is 0 Å². The van der Waals surface area contributed by atoms with Gasteiger partial charge in [0.05, 0.1) is 38.3 Å². The highest BCUT2D eigenvalue weighted by Crippen LogP contribution is 2.42. The molecule has 1 unspecified atom stereocenters. The molecule has 0 radical (unpaired) electrons. The minimum Gasteiger partial charge on any atom is -0.496 e. The molecule has 1 atom stereocenters. The molecule has 1 fully saturated rings. The van der Waals surface area contributed by atoms with Gasteiger partial charge in [0.1, 0.15) is 17.2 Å². The van der Waals surface area contributed by atoms with Crippen LogP contribution in [0.25, 0.3) is 0 Å². The van der Waals surface area contributed by atoms with Gasteiger partial charge in [0, 0.05) is 0 Å². The zero-order valence-electron chi connectivity index (χ0n) is 17.3. The van der Waals surface area contributed by atoms with Crippen LogP contribution in [0.4, 0.5) is 0 Å². The number of ether oxygens (including phenoxy) is 3. The van der Waals surface area contributed by atoms with Crippen LogP contribution in [0, 0.1) is 5.92 Å². The van der Waals surface area contributed by atoms with Gasteiger partial charge < -0.3 is 19.3 Å².